The molecule has 0 bridgehead atoms. The van der Waals surface area contributed by atoms with Crippen LogP contribution >= 0.6 is 0 Å². The zero-order valence-corrected chi connectivity index (χ0v) is 14.4. The van der Waals surface area contributed by atoms with Crippen molar-refractivity contribution in [1.29, 1.82) is 0 Å². The molecule has 0 spiro atoms. The summed E-state index contributed by atoms with van der Waals surface area (Å²) < 4.78 is 5.07. The molecule has 0 aromatic heterocycles. The third-order valence-corrected chi connectivity index (χ3v) is 4.24. The van der Waals surface area contributed by atoms with Gasteiger partial charge in [0.05, 0.1) is 13.7 Å². The number of amides is 1. The zero-order valence-electron chi connectivity index (χ0n) is 14.4. The van der Waals surface area contributed by atoms with Crippen molar-refractivity contribution in [2.24, 2.45) is 10.7 Å². The van der Waals surface area contributed by atoms with Gasteiger partial charge >= 0.3 is 0 Å². The number of benzene rings is 1. The SMILES string of the molecule is COc1ccc(C(=O)NCCN=C(N)NC2CCCCCC2)cc1. The van der Waals surface area contributed by atoms with Gasteiger partial charge in [-0.3, -0.25) is 9.79 Å². The molecule has 1 aromatic carbocycles. The summed E-state index contributed by atoms with van der Waals surface area (Å²) in [5.41, 5.74) is 6.53. The first-order valence-corrected chi connectivity index (χ1v) is 8.68. The Morgan fingerprint density at radius 2 is 1.88 bits per heavy atom. The van der Waals surface area contributed by atoms with Gasteiger partial charge in [-0.05, 0) is 37.1 Å². The van der Waals surface area contributed by atoms with E-state index in [1.165, 1.54) is 25.7 Å². The number of rotatable bonds is 6. The first-order chi connectivity index (χ1) is 11.7. The van der Waals surface area contributed by atoms with E-state index in [0.29, 0.717) is 30.7 Å². The van der Waals surface area contributed by atoms with Gasteiger partial charge in [0.2, 0.25) is 0 Å². The van der Waals surface area contributed by atoms with Crippen LogP contribution < -0.4 is 21.1 Å². The highest BCUT2D eigenvalue weighted by molar-refractivity contribution is 5.94. The quantitative estimate of drug-likeness (QED) is 0.322. The van der Waals surface area contributed by atoms with E-state index in [9.17, 15) is 4.79 Å². The van der Waals surface area contributed by atoms with Crippen LogP contribution in [0.4, 0.5) is 0 Å². The Balaban J connectivity index is 1.69. The lowest BCUT2D eigenvalue weighted by Gasteiger charge is -2.16. The molecule has 1 aliphatic rings. The number of guanidine groups is 1. The Morgan fingerprint density at radius 1 is 1.21 bits per heavy atom. The van der Waals surface area contributed by atoms with E-state index in [0.717, 1.165) is 18.6 Å². The van der Waals surface area contributed by atoms with Crippen molar-refractivity contribution >= 4 is 11.9 Å². The molecule has 1 aromatic rings. The second-order valence-electron chi connectivity index (χ2n) is 6.08. The van der Waals surface area contributed by atoms with Crippen LogP contribution in [0.1, 0.15) is 48.9 Å². The molecule has 132 valence electrons. The van der Waals surface area contributed by atoms with E-state index < -0.39 is 0 Å². The van der Waals surface area contributed by atoms with Crippen molar-refractivity contribution in [2.45, 2.75) is 44.6 Å². The summed E-state index contributed by atoms with van der Waals surface area (Å²) >= 11 is 0. The lowest BCUT2D eigenvalue weighted by Crippen LogP contribution is -2.40. The van der Waals surface area contributed by atoms with Crippen molar-refractivity contribution < 1.29 is 9.53 Å². The number of nitrogens with zero attached hydrogens (tertiary/aromatic N) is 1. The summed E-state index contributed by atoms with van der Waals surface area (Å²) in [7, 11) is 1.60. The standard InChI is InChI=1S/C18H28N4O2/c1-24-16-10-8-14(9-11-16)17(23)20-12-13-21-18(19)22-15-6-4-2-3-5-7-15/h8-11,15H,2-7,12-13H2,1H3,(H,20,23)(H3,19,21,22). The molecular weight excluding hydrogens is 304 g/mol. The monoisotopic (exact) mass is 332 g/mol. The van der Waals surface area contributed by atoms with Crippen LogP contribution in [-0.2, 0) is 0 Å². The minimum atomic E-state index is -0.122. The van der Waals surface area contributed by atoms with E-state index in [-0.39, 0.29) is 5.91 Å². The Hall–Kier alpha value is -2.24. The molecule has 24 heavy (non-hydrogen) atoms. The number of nitrogens with one attached hydrogen (secondary N) is 2. The predicted octanol–water partition coefficient (Wildman–Crippen LogP) is 2.05. The molecule has 1 aliphatic carbocycles. The summed E-state index contributed by atoms with van der Waals surface area (Å²) in [6.07, 6.45) is 7.44. The normalized spacial score (nSPS) is 16.3. The zero-order chi connectivity index (χ0) is 17.2. The van der Waals surface area contributed by atoms with Crippen LogP contribution in [0.25, 0.3) is 0 Å². The number of carbonyl (C=O) groups excluding carboxylic acids is 1. The molecule has 0 radical (unpaired) electrons. The third-order valence-electron chi connectivity index (χ3n) is 4.24. The summed E-state index contributed by atoms with van der Waals surface area (Å²) in [5, 5.41) is 6.13. The summed E-state index contributed by atoms with van der Waals surface area (Å²) in [6.45, 7) is 0.922. The van der Waals surface area contributed by atoms with Crippen LogP contribution in [0, 0.1) is 0 Å². The van der Waals surface area contributed by atoms with Gasteiger partial charge in [-0.1, -0.05) is 25.7 Å². The molecule has 0 atom stereocenters. The number of ether oxygens (including phenoxy) is 1. The first-order valence-electron chi connectivity index (χ1n) is 8.68. The summed E-state index contributed by atoms with van der Waals surface area (Å²) in [6, 6.07) is 7.44. The van der Waals surface area contributed by atoms with Gasteiger partial charge in [-0.15, -0.1) is 0 Å². The minimum Gasteiger partial charge on any atom is -0.497 e. The second kappa shape index (κ2) is 9.80. The van der Waals surface area contributed by atoms with Crippen LogP contribution in [0.15, 0.2) is 29.3 Å². The van der Waals surface area contributed by atoms with Gasteiger partial charge in [0.1, 0.15) is 5.75 Å². The Morgan fingerprint density at radius 3 is 2.50 bits per heavy atom. The molecule has 0 aliphatic heterocycles. The van der Waals surface area contributed by atoms with Crippen LogP contribution in [0.3, 0.4) is 0 Å². The maximum Gasteiger partial charge on any atom is 0.251 e. The molecule has 0 unspecified atom stereocenters. The molecule has 2 rings (SSSR count). The highest BCUT2D eigenvalue weighted by Crippen LogP contribution is 2.16. The van der Waals surface area contributed by atoms with E-state index in [2.05, 4.69) is 15.6 Å². The Labute approximate surface area is 143 Å². The maximum atomic E-state index is 12.0. The number of aliphatic imine (C=N–C) groups is 1. The van der Waals surface area contributed by atoms with Crippen LogP contribution in [0.2, 0.25) is 0 Å². The van der Waals surface area contributed by atoms with Crippen molar-refractivity contribution in [3.05, 3.63) is 29.8 Å². The first kappa shape index (κ1) is 18.1. The molecule has 0 saturated heterocycles. The van der Waals surface area contributed by atoms with E-state index in [1.807, 2.05) is 0 Å². The summed E-state index contributed by atoms with van der Waals surface area (Å²) in [5.74, 6) is 1.08. The summed E-state index contributed by atoms with van der Waals surface area (Å²) in [4.78, 5) is 16.3. The molecule has 1 saturated carbocycles. The fourth-order valence-corrected chi connectivity index (χ4v) is 2.87. The van der Waals surface area contributed by atoms with Gasteiger partial charge in [-0.2, -0.15) is 0 Å². The number of methoxy groups -OCH3 is 1. The van der Waals surface area contributed by atoms with Crippen molar-refractivity contribution in [3.63, 3.8) is 0 Å². The Bertz CT molecular complexity index is 534. The fraction of sp³-hybridized carbons (Fsp3) is 0.556. The number of carbonyl (C=O) groups is 1. The van der Waals surface area contributed by atoms with Gasteiger partial charge in [0.25, 0.3) is 5.91 Å². The molecule has 6 nitrogen and oxygen atoms in total. The smallest absolute Gasteiger partial charge is 0.251 e. The fourth-order valence-electron chi connectivity index (χ4n) is 2.87. The lowest BCUT2D eigenvalue weighted by atomic mass is 10.1. The van der Waals surface area contributed by atoms with Crippen LogP contribution in [0.5, 0.6) is 5.75 Å². The predicted molar refractivity (Wildman–Crippen MR) is 96.4 cm³/mol. The minimum absolute atomic E-state index is 0.122. The van der Waals surface area contributed by atoms with Gasteiger partial charge in [0, 0.05) is 18.2 Å². The van der Waals surface area contributed by atoms with E-state index >= 15 is 0 Å². The highest BCUT2D eigenvalue weighted by Gasteiger charge is 2.12. The third kappa shape index (κ3) is 6.10. The van der Waals surface area contributed by atoms with E-state index in [4.69, 9.17) is 10.5 Å². The van der Waals surface area contributed by atoms with Crippen molar-refractivity contribution in [2.75, 3.05) is 20.2 Å². The molecular formula is C18H28N4O2. The highest BCUT2D eigenvalue weighted by atomic mass is 16.5. The average molecular weight is 332 g/mol. The average Bonchev–Trinajstić information content (AvgIpc) is 2.87. The molecule has 0 heterocycles. The molecule has 1 fully saturated rings. The number of hydrogen-bond donors (Lipinski definition) is 3. The lowest BCUT2D eigenvalue weighted by molar-refractivity contribution is 0.0955. The number of hydrogen-bond acceptors (Lipinski definition) is 3. The van der Waals surface area contributed by atoms with Gasteiger partial charge < -0.3 is 21.1 Å². The van der Waals surface area contributed by atoms with Crippen LogP contribution in [-0.4, -0.2) is 38.1 Å². The van der Waals surface area contributed by atoms with Gasteiger partial charge in [0.15, 0.2) is 5.96 Å². The van der Waals surface area contributed by atoms with Gasteiger partial charge in [-0.25, -0.2) is 0 Å². The van der Waals surface area contributed by atoms with Crippen molar-refractivity contribution in [3.8, 4) is 5.75 Å². The van der Waals surface area contributed by atoms with E-state index in [1.54, 1.807) is 31.4 Å². The molecule has 6 heteroatoms. The largest absolute Gasteiger partial charge is 0.497 e. The number of nitrogens with two attached hydrogens (primary N) is 1. The Kier molecular flexibility index (Phi) is 7.39. The second-order valence-corrected chi connectivity index (χ2v) is 6.08. The molecule has 4 N–H and O–H groups in total. The maximum absolute atomic E-state index is 12.0. The topological polar surface area (TPSA) is 88.7 Å². The molecule has 1 amide bonds. The van der Waals surface area contributed by atoms with Crippen molar-refractivity contribution in [1.82, 2.24) is 10.6 Å².